The largest absolute Gasteiger partial charge is 0 e. The van der Waals surface area contributed by atoms with Gasteiger partial charge in [0, 0.05) is 18.6 Å². The molecule has 0 aliphatic carbocycles. The van der Waals surface area contributed by atoms with Crippen molar-refractivity contribution in [3.8, 4) is 0 Å². The van der Waals surface area contributed by atoms with Crippen LogP contribution in [0.5, 0.6) is 0 Å². The van der Waals surface area contributed by atoms with Crippen molar-refractivity contribution in [1.82, 2.24) is 0 Å². The van der Waals surface area contributed by atoms with Gasteiger partial charge in [0.05, 0.1) is 0 Å². The second kappa shape index (κ2) is 9.88. The Hall–Kier alpha value is 1.73. The first-order valence-corrected chi connectivity index (χ1v) is 2.33. The second-order valence-electron chi connectivity index (χ2n) is 0.238. The fraction of sp³-hybridized carbons (Fsp3) is 0. The summed E-state index contributed by atoms with van der Waals surface area (Å²) in [7, 11) is 0. The number of hydrogen-bond donors (Lipinski definition) is 1. The molecule has 0 saturated carbocycles. The second-order valence-corrected chi connectivity index (χ2v) is 0.981. The summed E-state index contributed by atoms with van der Waals surface area (Å²) in [6.07, 6.45) is 0. The third-order valence-electron chi connectivity index (χ3n) is 0. The molecule has 1 radical (unpaired) electrons. The SMILES string of the molecule is [H-].[Na+].[O]=[V](=[O])[OH].[V]. The van der Waals surface area contributed by atoms with E-state index in [-0.39, 0.29) is 49.5 Å². The molecule has 0 fully saturated rings. The van der Waals surface area contributed by atoms with Crippen LogP contribution < -0.4 is 29.6 Å². The maximum atomic E-state index is 8.67. The molecule has 0 bridgehead atoms. The fourth-order valence-corrected chi connectivity index (χ4v) is 0. The predicted octanol–water partition coefficient (Wildman–Crippen LogP) is -3.68. The summed E-state index contributed by atoms with van der Waals surface area (Å²) in [5.41, 5.74) is 0. The zero-order valence-corrected chi connectivity index (χ0v) is 7.95. The molecule has 6 heavy (non-hydrogen) atoms. The molecule has 1 N–H and O–H groups in total. The summed E-state index contributed by atoms with van der Waals surface area (Å²) in [5.74, 6) is 0. The van der Waals surface area contributed by atoms with Gasteiger partial charge in [0.25, 0.3) is 0 Å². The molecule has 0 saturated heterocycles. The molecule has 0 spiro atoms. The van der Waals surface area contributed by atoms with E-state index in [4.69, 9.17) is 11.4 Å². The minimum atomic E-state index is -3.69. The molecule has 31 valence electrons. The molecule has 0 rings (SSSR count). The van der Waals surface area contributed by atoms with E-state index in [2.05, 4.69) is 0 Å². The van der Waals surface area contributed by atoms with Gasteiger partial charge in [-0.1, -0.05) is 0 Å². The molecule has 6 heteroatoms. The van der Waals surface area contributed by atoms with Crippen molar-refractivity contribution in [2.24, 2.45) is 0 Å². The molecular formula is H2NaO3V2. The molecule has 0 aromatic rings. The average molecular weight is 175 g/mol. The van der Waals surface area contributed by atoms with E-state index in [0.29, 0.717) is 0 Å². The molecule has 0 amide bonds. The van der Waals surface area contributed by atoms with Crippen molar-refractivity contribution in [2.75, 3.05) is 0 Å². The minimum Gasteiger partial charge on any atom is 0 e. The van der Waals surface area contributed by atoms with Gasteiger partial charge in [-0.15, -0.1) is 0 Å². The Labute approximate surface area is 75.5 Å². The van der Waals surface area contributed by atoms with Gasteiger partial charge in [-0.2, -0.15) is 0 Å². The Morgan fingerprint density at radius 2 is 1.50 bits per heavy atom. The molecule has 0 unspecified atom stereocenters. The molecule has 0 aliphatic rings. The molecule has 0 aliphatic heterocycles. The molecule has 3 nitrogen and oxygen atoms in total. The van der Waals surface area contributed by atoms with Crippen molar-refractivity contribution < 1.29 is 76.3 Å². The smallest absolute Gasteiger partial charge is 0 e. The van der Waals surface area contributed by atoms with Gasteiger partial charge < -0.3 is 1.43 Å². The maximum absolute atomic E-state index is 8.67. The number of hydrogen-bond acceptors (Lipinski definition) is 2. The topological polar surface area (TPSA) is 54.4 Å². The molecule has 0 aromatic heterocycles. The average Bonchev–Trinajstić information content (AvgIpc) is 0.811. The Morgan fingerprint density at radius 1 is 1.50 bits per heavy atom. The first-order chi connectivity index (χ1) is 1.73. The van der Waals surface area contributed by atoms with Gasteiger partial charge in [0.15, 0.2) is 0 Å². The molecule has 0 heterocycles. The van der Waals surface area contributed by atoms with Crippen LogP contribution in [0.25, 0.3) is 0 Å². The summed E-state index contributed by atoms with van der Waals surface area (Å²) >= 11 is -3.69. The van der Waals surface area contributed by atoms with Crippen LogP contribution in [0.3, 0.4) is 0 Å². The van der Waals surface area contributed by atoms with Gasteiger partial charge in [-0.05, 0) is 0 Å². The van der Waals surface area contributed by atoms with E-state index >= 15 is 0 Å². The zero-order chi connectivity index (χ0) is 3.58. The normalized spacial score (nSPS) is 4.17. The van der Waals surface area contributed by atoms with Crippen LogP contribution in [0.15, 0.2) is 0 Å². The van der Waals surface area contributed by atoms with Gasteiger partial charge in [-0.25, -0.2) is 0 Å². The summed E-state index contributed by atoms with van der Waals surface area (Å²) in [6.45, 7) is 0. The van der Waals surface area contributed by atoms with Gasteiger partial charge in [0.2, 0.25) is 0 Å². The third-order valence-corrected chi connectivity index (χ3v) is 0. The summed E-state index contributed by atoms with van der Waals surface area (Å²) in [4.78, 5) is 0. The zero-order valence-electron chi connectivity index (χ0n) is 4.16. The van der Waals surface area contributed by atoms with Crippen molar-refractivity contribution in [1.29, 1.82) is 0 Å². The van der Waals surface area contributed by atoms with Crippen molar-refractivity contribution >= 4 is 0 Å². The standard InChI is InChI=1S/Na.H2O.2O.2V.H/h;1H2;;;;;/q+1;;;;;+1;-1/p-1. The van der Waals surface area contributed by atoms with Crippen molar-refractivity contribution in [3.05, 3.63) is 0 Å². The Balaban J connectivity index is -0.0000000150. The van der Waals surface area contributed by atoms with E-state index in [1.807, 2.05) is 0 Å². The first-order valence-electron chi connectivity index (χ1n) is 0.565. The van der Waals surface area contributed by atoms with Crippen LogP contribution in [0.2, 0.25) is 0 Å². The van der Waals surface area contributed by atoms with Crippen LogP contribution in [-0.2, 0) is 41.3 Å². The molecule has 0 aromatic carbocycles. The van der Waals surface area contributed by atoms with Crippen molar-refractivity contribution in [3.63, 3.8) is 0 Å². The van der Waals surface area contributed by atoms with Crippen LogP contribution in [0.4, 0.5) is 0 Å². The van der Waals surface area contributed by atoms with E-state index in [1.54, 1.807) is 0 Å². The quantitative estimate of drug-likeness (QED) is 0.385. The third kappa shape index (κ3) is 42.9. The Morgan fingerprint density at radius 3 is 1.50 bits per heavy atom. The van der Waals surface area contributed by atoms with Crippen LogP contribution in [0.1, 0.15) is 1.43 Å². The van der Waals surface area contributed by atoms with Gasteiger partial charge in [-0.3, -0.25) is 0 Å². The van der Waals surface area contributed by atoms with Crippen LogP contribution >= 0.6 is 0 Å². The van der Waals surface area contributed by atoms with E-state index in [0.717, 1.165) is 0 Å². The van der Waals surface area contributed by atoms with Gasteiger partial charge in [0.1, 0.15) is 0 Å². The summed E-state index contributed by atoms with van der Waals surface area (Å²) in [5, 5.41) is 0. The van der Waals surface area contributed by atoms with Crippen LogP contribution in [0, 0.1) is 0 Å². The number of rotatable bonds is 0. The van der Waals surface area contributed by atoms with Crippen LogP contribution in [-0.4, -0.2) is 4.03 Å². The van der Waals surface area contributed by atoms with E-state index in [9.17, 15) is 0 Å². The monoisotopic (exact) mass is 175 g/mol. The minimum absolute atomic E-state index is 0. The molecule has 0 atom stereocenters. The molecular weight excluding hydrogens is 173 g/mol. The van der Waals surface area contributed by atoms with E-state index in [1.165, 1.54) is 0 Å². The van der Waals surface area contributed by atoms with Gasteiger partial charge >= 0.3 is 56.3 Å². The predicted molar refractivity (Wildman–Crippen MR) is 4.70 cm³/mol. The van der Waals surface area contributed by atoms with E-state index < -0.39 is 15.4 Å². The summed E-state index contributed by atoms with van der Waals surface area (Å²) in [6, 6.07) is 0. The Kier molecular flexibility index (Phi) is 25.8. The fourth-order valence-electron chi connectivity index (χ4n) is 0. The first kappa shape index (κ1) is 15.6. The summed E-state index contributed by atoms with van der Waals surface area (Å²) < 4.78 is 24.4. The maximum Gasteiger partial charge on any atom is 0 e. The Bertz CT molecular complexity index is 61.3. The van der Waals surface area contributed by atoms with Crippen molar-refractivity contribution in [2.45, 2.75) is 0 Å².